The van der Waals surface area contributed by atoms with Crippen molar-refractivity contribution in [1.29, 1.82) is 0 Å². The summed E-state index contributed by atoms with van der Waals surface area (Å²) < 4.78 is 1.33. The number of carboxylic acids is 1. The molecule has 1 aromatic carbocycles. The molecule has 3 heterocycles. The average Bonchev–Trinajstić information content (AvgIpc) is 3.15. The minimum absolute atomic E-state index is 0.0592. The zero-order chi connectivity index (χ0) is 21.4. The third-order valence-electron chi connectivity index (χ3n) is 5.63. The Bertz CT molecular complexity index is 1190. The van der Waals surface area contributed by atoms with Crippen LogP contribution >= 0.6 is 11.3 Å². The second-order valence-electron chi connectivity index (χ2n) is 7.89. The van der Waals surface area contributed by atoms with Gasteiger partial charge in [-0.15, -0.1) is 11.3 Å². The SMILES string of the molecule is Cc1cccc(-c2nc3scc(C(=O)O)c3c(=O)n2CC(=O)N2CCC(C)CC2)c1. The van der Waals surface area contributed by atoms with Crippen molar-refractivity contribution >= 4 is 33.4 Å². The summed E-state index contributed by atoms with van der Waals surface area (Å²) in [7, 11) is 0. The number of carbonyl (C=O) groups excluding carboxylic acids is 1. The molecule has 0 bridgehead atoms. The van der Waals surface area contributed by atoms with E-state index < -0.39 is 11.5 Å². The molecule has 156 valence electrons. The number of hydrogen-bond acceptors (Lipinski definition) is 5. The van der Waals surface area contributed by atoms with Gasteiger partial charge < -0.3 is 10.0 Å². The number of amides is 1. The number of thiophene rings is 1. The molecule has 0 atom stereocenters. The van der Waals surface area contributed by atoms with E-state index in [2.05, 4.69) is 11.9 Å². The van der Waals surface area contributed by atoms with Gasteiger partial charge in [0.25, 0.3) is 5.56 Å². The summed E-state index contributed by atoms with van der Waals surface area (Å²) in [5.41, 5.74) is 1.16. The molecule has 1 fully saturated rings. The lowest BCUT2D eigenvalue weighted by Gasteiger charge is -2.30. The molecule has 1 aliphatic heterocycles. The number of fused-ring (bicyclic) bond motifs is 1. The van der Waals surface area contributed by atoms with Gasteiger partial charge in [-0.05, 0) is 31.7 Å². The van der Waals surface area contributed by atoms with E-state index in [4.69, 9.17) is 0 Å². The molecule has 0 unspecified atom stereocenters. The van der Waals surface area contributed by atoms with E-state index in [1.54, 1.807) is 4.90 Å². The Morgan fingerprint density at radius 1 is 1.27 bits per heavy atom. The number of hydrogen-bond donors (Lipinski definition) is 1. The van der Waals surface area contributed by atoms with Gasteiger partial charge in [-0.3, -0.25) is 14.2 Å². The number of piperidine rings is 1. The lowest BCUT2D eigenvalue weighted by Crippen LogP contribution is -2.41. The van der Waals surface area contributed by atoms with Crippen LogP contribution in [0.25, 0.3) is 21.6 Å². The van der Waals surface area contributed by atoms with E-state index in [9.17, 15) is 19.5 Å². The zero-order valence-corrected chi connectivity index (χ0v) is 17.7. The van der Waals surface area contributed by atoms with Crippen molar-refractivity contribution in [3.05, 3.63) is 51.1 Å². The zero-order valence-electron chi connectivity index (χ0n) is 16.9. The summed E-state index contributed by atoms with van der Waals surface area (Å²) in [6, 6.07) is 7.56. The Balaban J connectivity index is 1.84. The van der Waals surface area contributed by atoms with Crippen molar-refractivity contribution < 1.29 is 14.7 Å². The second kappa shape index (κ2) is 8.02. The largest absolute Gasteiger partial charge is 0.478 e. The van der Waals surface area contributed by atoms with Gasteiger partial charge in [0.15, 0.2) is 0 Å². The molecule has 30 heavy (non-hydrogen) atoms. The first-order chi connectivity index (χ1) is 14.3. The van der Waals surface area contributed by atoms with Gasteiger partial charge in [0.2, 0.25) is 5.91 Å². The first kappa shape index (κ1) is 20.3. The Kier molecular flexibility index (Phi) is 5.42. The Hall–Kier alpha value is -3.00. The van der Waals surface area contributed by atoms with Crippen LogP contribution in [0.4, 0.5) is 0 Å². The maximum absolute atomic E-state index is 13.4. The highest BCUT2D eigenvalue weighted by molar-refractivity contribution is 7.17. The van der Waals surface area contributed by atoms with Crippen molar-refractivity contribution in [1.82, 2.24) is 14.5 Å². The molecule has 2 aromatic heterocycles. The van der Waals surface area contributed by atoms with Gasteiger partial charge in [0.1, 0.15) is 17.2 Å². The first-order valence-electron chi connectivity index (χ1n) is 9.95. The first-order valence-corrected chi connectivity index (χ1v) is 10.8. The maximum atomic E-state index is 13.4. The molecule has 3 aromatic rings. The predicted molar refractivity (Wildman–Crippen MR) is 116 cm³/mol. The molecule has 4 rings (SSSR count). The minimum Gasteiger partial charge on any atom is -0.478 e. The molecule has 1 saturated heterocycles. The lowest BCUT2D eigenvalue weighted by atomic mass is 9.99. The molecular weight excluding hydrogens is 402 g/mol. The van der Waals surface area contributed by atoms with E-state index in [0.29, 0.717) is 29.7 Å². The Morgan fingerprint density at radius 2 is 2.00 bits per heavy atom. The van der Waals surface area contributed by atoms with Gasteiger partial charge in [-0.1, -0.05) is 30.7 Å². The molecular formula is C22H23N3O4S. The van der Waals surface area contributed by atoms with Crippen molar-refractivity contribution in [2.45, 2.75) is 33.2 Å². The van der Waals surface area contributed by atoms with Crippen LogP contribution in [0.3, 0.4) is 0 Å². The fourth-order valence-electron chi connectivity index (χ4n) is 3.83. The van der Waals surface area contributed by atoms with E-state index >= 15 is 0 Å². The number of carboxylic acid groups (broad SMARTS) is 1. The molecule has 1 aliphatic rings. The summed E-state index contributed by atoms with van der Waals surface area (Å²) in [5.74, 6) is -0.354. The van der Waals surface area contributed by atoms with Crippen molar-refractivity contribution in [2.24, 2.45) is 5.92 Å². The highest BCUT2D eigenvalue weighted by Gasteiger charge is 2.25. The van der Waals surface area contributed by atoms with Crippen LogP contribution in [-0.2, 0) is 11.3 Å². The average molecular weight is 426 g/mol. The molecule has 1 N–H and O–H groups in total. The van der Waals surface area contributed by atoms with Crippen molar-refractivity contribution in [3.8, 4) is 11.4 Å². The highest BCUT2D eigenvalue weighted by Crippen LogP contribution is 2.26. The molecule has 0 radical (unpaired) electrons. The normalized spacial score (nSPS) is 14.9. The number of aryl methyl sites for hydroxylation is 1. The Morgan fingerprint density at radius 3 is 2.67 bits per heavy atom. The standard InChI is InChI=1S/C22H23N3O4S/c1-13-6-8-24(9-7-13)17(26)11-25-19(15-5-3-4-14(2)10-15)23-20-18(21(25)27)16(12-30-20)22(28)29/h3-5,10,12-13H,6-9,11H2,1-2H3,(H,28,29). The smallest absolute Gasteiger partial charge is 0.337 e. The predicted octanol–water partition coefficient (Wildman–Crippen LogP) is 3.39. The summed E-state index contributed by atoms with van der Waals surface area (Å²) in [5, 5.41) is 11.0. The molecule has 7 nitrogen and oxygen atoms in total. The maximum Gasteiger partial charge on any atom is 0.337 e. The van der Waals surface area contributed by atoms with Crippen LogP contribution in [0, 0.1) is 12.8 Å². The van der Waals surface area contributed by atoms with Crippen LogP contribution in [-0.4, -0.2) is 44.5 Å². The van der Waals surface area contributed by atoms with Crippen LogP contribution in [0.5, 0.6) is 0 Å². The summed E-state index contributed by atoms with van der Waals surface area (Å²) in [6.45, 7) is 5.29. The van der Waals surface area contributed by atoms with E-state index in [1.807, 2.05) is 31.2 Å². The number of aromatic nitrogens is 2. The fourth-order valence-corrected chi connectivity index (χ4v) is 4.73. The van der Waals surface area contributed by atoms with Gasteiger partial charge in [0.05, 0.1) is 10.9 Å². The van der Waals surface area contributed by atoms with Crippen molar-refractivity contribution in [2.75, 3.05) is 13.1 Å². The lowest BCUT2D eigenvalue weighted by molar-refractivity contribution is -0.133. The second-order valence-corrected chi connectivity index (χ2v) is 8.75. The monoisotopic (exact) mass is 425 g/mol. The van der Waals surface area contributed by atoms with E-state index in [0.717, 1.165) is 35.3 Å². The summed E-state index contributed by atoms with van der Waals surface area (Å²) in [4.78, 5) is 44.7. The van der Waals surface area contributed by atoms with E-state index in [-0.39, 0.29) is 23.4 Å². The topological polar surface area (TPSA) is 92.5 Å². The minimum atomic E-state index is -1.17. The highest BCUT2D eigenvalue weighted by atomic mass is 32.1. The van der Waals surface area contributed by atoms with Crippen LogP contribution in [0.15, 0.2) is 34.4 Å². The molecule has 8 heteroatoms. The van der Waals surface area contributed by atoms with Gasteiger partial charge in [0, 0.05) is 24.0 Å². The molecule has 0 aliphatic carbocycles. The van der Waals surface area contributed by atoms with Crippen LogP contribution in [0.2, 0.25) is 0 Å². The Labute approximate surface area is 177 Å². The summed E-state index contributed by atoms with van der Waals surface area (Å²) >= 11 is 1.12. The quantitative estimate of drug-likeness (QED) is 0.692. The molecule has 1 amide bonds. The third kappa shape index (κ3) is 3.75. The van der Waals surface area contributed by atoms with Crippen molar-refractivity contribution in [3.63, 3.8) is 0 Å². The van der Waals surface area contributed by atoms with Gasteiger partial charge in [-0.25, -0.2) is 9.78 Å². The van der Waals surface area contributed by atoms with Gasteiger partial charge >= 0.3 is 5.97 Å². The van der Waals surface area contributed by atoms with Crippen LogP contribution in [0.1, 0.15) is 35.7 Å². The number of nitrogens with zero attached hydrogens (tertiary/aromatic N) is 3. The van der Waals surface area contributed by atoms with E-state index in [1.165, 1.54) is 9.95 Å². The number of benzene rings is 1. The molecule has 0 saturated carbocycles. The molecule has 0 spiro atoms. The number of carbonyl (C=O) groups is 2. The number of aromatic carboxylic acids is 1. The van der Waals surface area contributed by atoms with Gasteiger partial charge in [-0.2, -0.15) is 0 Å². The number of rotatable bonds is 4. The fraction of sp³-hybridized carbons (Fsp3) is 0.364. The summed E-state index contributed by atoms with van der Waals surface area (Å²) in [6.07, 6.45) is 1.88. The third-order valence-corrected chi connectivity index (χ3v) is 6.50. The van der Waals surface area contributed by atoms with Crippen LogP contribution < -0.4 is 5.56 Å². The number of likely N-dealkylation sites (tertiary alicyclic amines) is 1.